The number of hydrogen-bond donors (Lipinski definition) is 1. The Labute approximate surface area is 192 Å². The predicted molar refractivity (Wildman–Crippen MR) is 121 cm³/mol. The molecule has 0 saturated carbocycles. The standard InChI is InChI=1S/C25H17N3O6/c29-23(20-13-17-3-1-2-4-19(17)34-20)21-22(16-5-7-18(8-6-16)28(32)33)27(25(31)24(21)30)14-15-9-11-26-12-10-15/h1-13,22,30H,14H2. The van der Waals surface area contributed by atoms with E-state index >= 15 is 0 Å². The van der Waals surface area contributed by atoms with Gasteiger partial charge < -0.3 is 14.4 Å². The number of aromatic nitrogens is 1. The number of carbonyl (C=O) groups is 2. The number of carbonyl (C=O) groups excluding carboxylic acids is 2. The molecule has 1 aliphatic rings. The highest BCUT2D eigenvalue weighted by atomic mass is 16.6. The molecule has 2 aromatic heterocycles. The monoisotopic (exact) mass is 455 g/mol. The molecular formula is C25H17N3O6. The lowest BCUT2D eigenvalue weighted by Gasteiger charge is -2.26. The Balaban J connectivity index is 1.60. The smallest absolute Gasteiger partial charge is 0.290 e. The highest BCUT2D eigenvalue weighted by Gasteiger charge is 2.44. The summed E-state index contributed by atoms with van der Waals surface area (Å²) in [6.45, 7) is 0.0873. The topological polar surface area (TPSA) is 127 Å². The van der Waals surface area contributed by atoms with E-state index in [-0.39, 0.29) is 23.6 Å². The van der Waals surface area contributed by atoms with Crippen LogP contribution in [0.25, 0.3) is 11.0 Å². The Bertz CT molecular complexity index is 1420. The van der Waals surface area contributed by atoms with Gasteiger partial charge in [-0.3, -0.25) is 24.7 Å². The number of para-hydroxylation sites is 1. The van der Waals surface area contributed by atoms with Gasteiger partial charge in [0.15, 0.2) is 11.5 Å². The van der Waals surface area contributed by atoms with Gasteiger partial charge in [-0.25, -0.2) is 0 Å². The average Bonchev–Trinajstić information content (AvgIpc) is 3.39. The molecule has 34 heavy (non-hydrogen) atoms. The van der Waals surface area contributed by atoms with Crippen LogP contribution >= 0.6 is 0 Å². The molecule has 0 fully saturated rings. The molecule has 3 heterocycles. The van der Waals surface area contributed by atoms with Crippen molar-refractivity contribution in [1.29, 1.82) is 0 Å². The molecule has 0 saturated heterocycles. The van der Waals surface area contributed by atoms with E-state index in [1.165, 1.54) is 29.2 Å². The minimum atomic E-state index is -0.970. The normalized spacial score (nSPS) is 15.8. The van der Waals surface area contributed by atoms with E-state index in [0.29, 0.717) is 16.5 Å². The molecule has 1 aliphatic heterocycles. The lowest BCUT2D eigenvalue weighted by Crippen LogP contribution is -2.30. The van der Waals surface area contributed by atoms with Crippen LogP contribution in [-0.4, -0.2) is 31.6 Å². The number of non-ortho nitro benzene ring substituents is 1. The second-order valence-corrected chi connectivity index (χ2v) is 7.78. The first-order chi connectivity index (χ1) is 16.4. The number of aliphatic hydroxyl groups excluding tert-OH is 1. The van der Waals surface area contributed by atoms with Gasteiger partial charge in [-0.2, -0.15) is 0 Å². The van der Waals surface area contributed by atoms with Crippen LogP contribution in [-0.2, 0) is 11.3 Å². The fraction of sp³-hybridized carbons (Fsp3) is 0.0800. The summed E-state index contributed by atoms with van der Waals surface area (Å²) >= 11 is 0. The summed E-state index contributed by atoms with van der Waals surface area (Å²) in [7, 11) is 0. The Morgan fingerprint density at radius 3 is 2.47 bits per heavy atom. The van der Waals surface area contributed by atoms with Crippen LogP contribution in [0.1, 0.15) is 27.7 Å². The number of hydrogen-bond acceptors (Lipinski definition) is 7. The molecular weight excluding hydrogens is 438 g/mol. The highest BCUT2D eigenvalue weighted by Crippen LogP contribution is 2.40. The quantitative estimate of drug-likeness (QED) is 0.257. The number of aliphatic hydroxyl groups is 1. The van der Waals surface area contributed by atoms with E-state index in [4.69, 9.17) is 4.42 Å². The van der Waals surface area contributed by atoms with Crippen LogP contribution in [0.2, 0.25) is 0 Å². The number of fused-ring (bicyclic) bond motifs is 1. The largest absolute Gasteiger partial charge is 0.503 e. The maximum Gasteiger partial charge on any atom is 0.290 e. The summed E-state index contributed by atoms with van der Waals surface area (Å²) < 4.78 is 5.69. The summed E-state index contributed by atoms with van der Waals surface area (Å²) in [5, 5.41) is 22.6. The third-order valence-electron chi connectivity index (χ3n) is 5.72. The fourth-order valence-corrected chi connectivity index (χ4v) is 4.08. The van der Waals surface area contributed by atoms with Crippen LogP contribution in [0.15, 0.2) is 94.9 Å². The molecule has 1 atom stereocenters. The number of nitrogens with zero attached hydrogens (tertiary/aromatic N) is 3. The minimum absolute atomic E-state index is 0.0202. The summed E-state index contributed by atoms with van der Waals surface area (Å²) in [5.74, 6) is -2.06. The first-order valence-corrected chi connectivity index (χ1v) is 10.3. The average molecular weight is 455 g/mol. The lowest BCUT2D eigenvalue weighted by molar-refractivity contribution is -0.384. The Hall–Kier alpha value is -4.79. The SMILES string of the molecule is O=C(C1=C(O)C(=O)N(Cc2ccncc2)C1c1ccc([N+](=O)[O-])cc1)c1cc2ccccc2o1. The number of rotatable bonds is 6. The van der Waals surface area contributed by atoms with Crippen molar-refractivity contribution in [3.8, 4) is 0 Å². The Morgan fingerprint density at radius 2 is 1.79 bits per heavy atom. The van der Waals surface area contributed by atoms with Crippen molar-refractivity contribution in [2.75, 3.05) is 0 Å². The van der Waals surface area contributed by atoms with Crippen LogP contribution in [0.5, 0.6) is 0 Å². The third-order valence-corrected chi connectivity index (χ3v) is 5.72. The van der Waals surface area contributed by atoms with Gasteiger partial charge in [-0.15, -0.1) is 0 Å². The molecule has 9 nitrogen and oxygen atoms in total. The van der Waals surface area contributed by atoms with E-state index in [9.17, 15) is 24.8 Å². The van der Waals surface area contributed by atoms with E-state index in [0.717, 1.165) is 5.56 Å². The van der Waals surface area contributed by atoms with Crippen LogP contribution < -0.4 is 0 Å². The molecule has 5 rings (SSSR count). The van der Waals surface area contributed by atoms with E-state index in [1.807, 2.05) is 0 Å². The van der Waals surface area contributed by atoms with Gasteiger partial charge in [0.05, 0.1) is 16.5 Å². The second kappa shape index (κ2) is 8.28. The summed E-state index contributed by atoms with van der Waals surface area (Å²) in [6, 6.07) is 16.6. The van der Waals surface area contributed by atoms with E-state index < -0.39 is 28.4 Å². The Kier molecular flexibility index (Phi) is 5.14. The molecule has 0 spiro atoms. The second-order valence-electron chi connectivity index (χ2n) is 7.78. The molecule has 1 amide bonds. The third kappa shape index (κ3) is 3.58. The molecule has 1 N–H and O–H groups in total. The summed E-state index contributed by atoms with van der Waals surface area (Å²) in [6.07, 6.45) is 3.15. The summed E-state index contributed by atoms with van der Waals surface area (Å²) in [4.78, 5) is 42.5. The maximum atomic E-state index is 13.5. The van der Waals surface area contributed by atoms with Crippen molar-refractivity contribution in [3.63, 3.8) is 0 Å². The number of benzene rings is 2. The van der Waals surface area contributed by atoms with Gasteiger partial charge in [0, 0.05) is 36.5 Å². The van der Waals surface area contributed by atoms with E-state index in [2.05, 4.69) is 4.98 Å². The van der Waals surface area contributed by atoms with Gasteiger partial charge in [-0.05, 0) is 47.5 Å². The van der Waals surface area contributed by atoms with Crippen LogP contribution in [0.4, 0.5) is 5.69 Å². The number of nitro benzene ring substituents is 1. The first-order valence-electron chi connectivity index (χ1n) is 10.3. The van der Waals surface area contributed by atoms with Crippen molar-refractivity contribution in [1.82, 2.24) is 9.88 Å². The fourth-order valence-electron chi connectivity index (χ4n) is 4.08. The molecule has 0 aliphatic carbocycles. The van der Waals surface area contributed by atoms with Crippen molar-refractivity contribution in [2.24, 2.45) is 0 Å². The molecule has 168 valence electrons. The Morgan fingerprint density at radius 1 is 1.09 bits per heavy atom. The molecule has 1 unspecified atom stereocenters. The maximum absolute atomic E-state index is 13.5. The van der Waals surface area contributed by atoms with Gasteiger partial charge >= 0.3 is 0 Å². The van der Waals surface area contributed by atoms with Crippen LogP contribution in [0, 0.1) is 10.1 Å². The van der Waals surface area contributed by atoms with Gasteiger partial charge in [0.1, 0.15) is 5.58 Å². The van der Waals surface area contributed by atoms with Crippen LogP contribution in [0.3, 0.4) is 0 Å². The molecule has 0 bridgehead atoms. The molecule has 4 aromatic rings. The highest BCUT2D eigenvalue weighted by molar-refractivity contribution is 6.16. The number of furan rings is 1. The zero-order chi connectivity index (χ0) is 23.8. The molecule has 2 aromatic carbocycles. The number of nitro groups is 1. The number of Topliss-reactive ketones (excluding diaryl/α,β-unsaturated/α-hetero) is 1. The number of pyridine rings is 1. The van der Waals surface area contributed by atoms with Gasteiger partial charge in [-0.1, -0.05) is 18.2 Å². The van der Waals surface area contributed by atoms with Crippen molar-refractivity contribution in [2.45, 2.75) is 12.6 Å². The zero-order valence-corrected chi connectivity index (χ0v) is 17.6. The summed E-state index contributed by atoms with van der Waals surface area (Å²) in [5.41, 5.74) is 1.40. The lowest BCUT2D eigenvalue weighted by atomic mass is 9.94. The van der Waals surface area contributed by atoms with Crippen molar-refractivity contribution < 1.29 is 24.0 Å². The zero-order valence-electron chi connectivity index (χ0n) is 17.6. The molecule has 9 heteroatoms. The number of amides is 1. The van der Waals surface area contributed by atoms with Gasteiger partial charge in [0.25, 0.3) is 11.6 Å². The minimum Gasteiger partial charge on any atom is -0.503 e. The van der Waals surface area contributed by atoms with E-state index in [1.54, 1.807) is 54.9 Å². The predicted octanol–water partition coefficient (Wildman–Crippen LogP) is 4.51. The first kappa shape index (κ1) is 21.1. The van der Waals surface area contributed by atoms with Gasteiger partial charge in [0.2, 0.25) is 5.78 Å². The van der Waals surface area contributed by atoms with Crippen molar-refractivity contribution in [3.05, 3.63) is 117 Å². The van der Waals surface area contributed by atoms with Crippen molar-refractivity contribution >= 4 is 28.3 Å². The molecule has 0 radical (unpaired) electrons. The number of ketones is 1.